The molecule has 0 bridgehead atoms. The number of nitrogens with zero attached hydrogens (tertiary/aromatic N) is 5. The Balaban J connectivity index is 1.73. The second-order valence-corrected chi connectivity index (χ2v) is 5.33. The van der Waals surface area contributed by atoms with E-state index in [0.29, 0.717) is 17.4 Å². The van der Waals surface area contributed by atoms with Crippen molar-refractivity contribution in [2.45, 2.75) is 29.8 Å². The predicted molar refractivity (Wildman–Crippen MR) is 66.8 cm³/mol. The van der Waals surface area contributed by atoms with Crippen LogP contribution in [0.25, 0.3) is 0 Å². The molecule has 2 aromatic rings. The highest BCUT2D eigenvalue weighted by Gasteiger charge is 2.27. The van der Waals surface area contributed by atoms with Gasteiger partial charge in [0.15, 0.2) is 0 Å². The van der Waals surface area contributed by atoms with Gasteiger partial charge in [0.1, 0.15) is 5.82 Å². The molecule has 7 heteroatoms. The summed E-state index contributed by atoms with van der Waals surface area (Å²) < 4.78 is 15.1. The van der Waals surface area contributed by atoms with Crippen molar-refractivity contribution in [3.63, 3.8) is 0 Å². The minimum absolute atomic E-state index is 0.331. The van der Waals surface area contributed by atoms with Gasteiger partial charge in [-0.25, -0.2) is 9.07 Å². The first-order valence-corrected chi connectivity index (χ1v) is 6.85. The van der Waals surface area contributed by atoms with Crippen LogP contribution in [-0.4, -0.2) is 20.2 Å². The lowest BCUT2D eigenvalue weighted by molar-refractivity contribution is 0.565. The van der Waals surface area contributed by atoms with Gasteiger partial charge in [0.05, 0.1) is 17.7 Å². The Labute approximate surface area is 113 Å². The van der Waals surface area contributed by atoms with Crippen molar-refractivity contribution < 1.29 is 4.39 Å². The van der Waals surface area contributed by atoms with Crippen molar-refractivity contribution in [1.82, 2.24) is 20.2 Å². The Bertz CT molecular complexity index is 644. The lowest BCUT2D eigenvalue weighted by atomic mass is 10.1. The zero-order chi connectivity index (χ0) is 13.2. The zero-order valence-electron chi connectivity index (χ0n) is 9.95. The molecular weight excluding hydrogens is 265 g/mol. The van der Waals surface area contributed by atoms with Crippen molar-refractivity contribution in [3.05, 3.63) is 35.1 Å². The monoisotopic (exact) mass is 275 g/mol. The number of tetrazole rings is 1. The molecule has 0 spiro atoms. The van der Waals surface area contributed by atoms with Crippen molar-refractivity contribution in [2.24, 2.45) is 0 Å². The van der Waals surface area contributed by atoms with Crippen LogP contribution in [0.1, 0.15) is 30.0 Å². The van der Waals surface area contributed by atoms with Crippen LogP contribution in [0, 0.1) is 17.1 Å². The summed E-state index contributed by atoms with van der Waals surface area (Å²) in [5.41, 5.74) is 1.09. The third-order valence-corrected chi connectivity index (χ3v) is 3.81. The van der Waals surface area contributed by atoms with Gasteiger partial charge in [0.25, 0.3) is 0 Å². The Morgan fingerprint density at radius 1 is 1.42 bits per heavy atom. The maximum absolute atomic E-state index is 13.3. The van der Waals surface area contributed by atoms with E-state index < -0.39 is 5.82 Å². The van der Waals surface area contributed by atoms with Crippen LogP contribution in [0.4, 0.5) is 4.39 Å². The molecule has 96 valence electrons. The number of nitriles is 1. The van der Waals surface area contributed by atoms with Gasteiger partial charge in [-0.05, 0) is 47.0 Å². The summed E-state index contributed by atoms with van der Waals surface area (Å²) in [4.78, 5) is 0. The Kier molecular flexibility index (Phi) is 3.17. The van der Waals surface area contributed by atoms with E-state index in [0.717, 1.165) is 23.6 Å². The molecule has 0 unspecified atom stereocenters. The van der Waals surface area contributed by atoms with E-state index in [1.165, 1.54) is 23.9 Å². The summed E-state index contributed by atoms with van der Waals surface area (Å²) in [5.74, 6) is 0.149. The molecule has 5 nitrogen and oxygen atoms in total. The van der Waals surface area contributed by atoms with E-state index in [2.05, 4.69) is 15.5 Å². The highest BCUT2D eigenvalue weighted by atomic mass is 32.2. The summed E-state index contributed by atoms with van der Waals surface area (Å²) in [5, 5.41) is 21.1. The van der Waals surface area contributed by atoms with Gasteiger partial charge in [-0.1, -0.05) is 11.8 Å². The molecule has 1 fully saturated rings. The van der Waals surface area contributed by atoms with Gasteiger partial charge in [-0.3, -0.25) is 0 Å². The Morgan fingerprint density at radius 3 is 3.00 bits per heavy atom. The van der Waals surface area contributed by atoms with Crippen LogP contribution in [0.2, 0.25) is 0 Å². The van der Waals surface area contributed by atoms with Crippen molar-refractivity contribution in [2.75, 3.05) is 0 Å². The maximum atomic E-state index is 13.3. The summed E-state index contributed by atoms with van der Waals surface area (Å²) in [6.45, 7) is 0. The van der Waals surface area contributed by atoms with Gasteiger partial charge in [-0.2, -0.15) is 5.26 Å². The van der Waals surface area contributed by atoms with Gasteiger partial charge >= 0.3 is 0 Å². The summed E-state index contributed by atoms with van der Waals surface area (Å²) in [6.07, 6.45) is 2.22. The molecular formula is C12H10FN5S. The van der Waals surface area contributed by atoms with Gasteiger partial charge in [0.2, 0.25) is 5.16 Å². The second-order valence-electron chi connectivity index (χ2n) is 4.39. The normalized spacial score (nSPS) is 14.3. The molecule has 1 aliphatic rings. The molecule has 1 aromatic heterocycles. The standard InChI is InChI=1S/C12H10FN5S/c13-10-4-8(6-14)3-9(5-10)7-19-12-15-16-17-18(12)11-1-2-11/h3-5,11H,1-2,7H2. The fourth-order valence-electron chi connectivity index (χ4n) is 1.77. The molecule has 1 aromatic carbocycles. The molecule has 0 saturated heterocycles. The second kappa shape index (κ2) is 4.97. The van der Waals surface area contributed by atoms with Crippen molar-refractivity contribution >= 4 is 11.8 Å². The number of hydrogen-bond donors (Lipinski definition) is 0. The fraction of sp³-hybridized carbons (Fsp3) is 0.333. The van der Waals surface area contributed by atoms with Crippen molar-refractivity contribution in [1.29, 1.82) is 5.26 Å². The number of halogens is 1. The molecule has 19 heavy (non-hydrogen) atoms. The van der Waals surface area contributed by atoms with E-state index in [4.69, 9.17) is 5.26 Å². The average Bonchev–Trinajstić information content (AvgIpc) is 3.14. The number of hydrogen-bond acceptors (Lipinski definition) is 5. The van der Waals surface area contributed by atoms with Crippen LogP contribution < -0.4 is 0 Å². The minimum Gasteiger partial charge on any atom is -0.217 e. The first kappa shape index (κ1) is 12.1. The smallest absolute Gasteiger partial charge is 0.209 e. The number of benzene rings is 1. The van der Waals surface area contributed by atoms with Crippen LogP contribution in [-0.2, 0) is 5.75 Å². The Hall–Kier alpha value is -1.94. The van der Waals surface area contributed by atoms with E-state index in [1.54, 1.807) is 6.07 Å². The van der Waals surface area contributed by atoms with Crippen LogP contribution in [0.5, 0.6) is 0 Å². The summed E-state index contributed by atoms with van der Waals surface area (Å²) >= 11 is 1.45. The van der Waals surface area contributed by atoms with E-state index >= 15 is 0 Å². The molecule has 1 heterocycles. The topological polar surface area (TPSA) is 67.4 Å². The SMILES string of the molecule is N#Cc1cc(F)cc(CSc2nnnn2C2CC2)c1. The van der Waals surface area contributed by atoms with E-state index in [9.17, 15) is 4.39 Å². The maximum Gasteiger partial charge on any atom is 0.209 e. The molecule has 1 saturated carbocycles. The van der Waals surface area contributed by atoms with E-state index in [1.807, 2.05) is 10.8 Å². The minimum atomic E-state index is -0.392. The first-order valence-electron chi connectivity index (χ1n) is 5.86. The lowest BCUT2D eigenvalue weighted by Gasteiger charge is -2.03. The summed E-state index contributed by atoms with van der Waals surface area (Å²) in [6, 6.07) is 6.70. The molecule has 0 N–H and O–H groups in total. The Morgan fingerprint density at radius 2 is 2.26 bits per heavy atom. The van der Waals surface area contributed by atoms with E-state index in [-0.39, 0.29) is 0 Å². The predicted octanol–water partition coefficient (Wildman–Crippen LogP) is 2.31. The third-order valence-electron chi connectivity index (χ3n) is 2.81. The third kappa shape index (κ3) is 2.74. The van der Waals surface area contributed by atoms with Gasteiger partial charge < -0.3 is 0 Å². The lowest BCUT2D eigenvalue weighted by Crippen LogP contribution is -1.99. The van der Waals surface area contributed by atoms with Crippen LogP contribution in [0.15, 0.2) is 23.4 Å². The van der Waals surface area contributed by atoms with Gasteiger partial charge in [-0.15, -0.1) is 5.10 Å². The largest absolute Gasteiger partial charge is 0.217 e. The van der Waals surface area contributed by atoms with Crippen LogP contribution >= 0.6 is 11.8 Å². The highest BCUT2D eigenvalue weighted by Crippen LogP contribution is 2.36. The molecule has 0 aliphatic heterocycles. The van der Waals surface area contributed by atoms with Gasteiger partial charge in [0, 0.05) is 5.75 Å². The molecule has 0 amide bonds. The average molecular weight is 275 g/mol. The number of aromatic nitrogens is 4. The molecule has 0 atom stereocenters. The van der Waals surface area contributed by atoms with Crippen LogP contribution in [0.3, 0.4) is 0 Å². The number of thioether (sulfide) groups is 1. The molecule has 1 aliphatic carbocycles. The van der Waals surface area contributed by atoms with Crippen molar-refractivity contribution in [3.8, 4) is 6.07 Å². The molecule has 0 radical (unpaired) electrons. The first-order chi connectivity index (χ1) is 9.26. The number of rotatable bonds is 4. The highest BCUT2D eigenvalue weighted by molar-refractivity contribution is 7.98. The molecule has 3 rings (SSSR count). The fourth-order valence-corrected chi connectivity index (χ4v) is 2.65. The summed E-state index contributed by atoms with van der Waals surface area (Å²) in [7, 11) is 0. The quantitative estimate of drug-likeness (QED) is 0.801. The zero-order valence-corrected chi connectivity index (χ0v) is 10.8.